The number of hydrogen-bond acceptors (Lipinski definition) is 2. The number of nitrogens with one attached hydrogen (secondary N) is 1. The van der Waals surface area contributed by atoms with Crippen LogP contribution in [0.4, 0.5) is 0 Å². The summed E-state index contributed by atoms with van der Waals surface area (Å²) in [7, 11) is 0. The first kappa shape index (κ1) is 9.02. The van der Waals surface area contributed by atoms with Crippen LogP contribution in [0.1, 0.15) is 5.69 Å². The van der Waals surface area contributed by atoms with Gasteiger partial charge in [-0.15, -0.1) is 0 Å². The first-order valence-corrected chi connectivity index (χ1v) is 4.61. The molecule has 0 saturated carbocycles. The average molecular weight is 191 g/mol. The van der Waals surface area contributed by atoms with Gasteiger partial charge in [0.15, 0.2) is 0 Å². The second-order valence-corrected chi connectivity index (χ2v) is 3.38. The van der Waals surface area contributed by atoms with E-state index in [0.717, 1.165) is 11.1 Å². The third kappa shape index (κ3) is 1.33. The molecule has 3 N–H and O–H groups in total. The molecule has 0 saturated heterocycles. The zero-order valence-corrected chi connectivity index (χ0v) is 8.08. The van der Waals surface area contributed by atoms with Crippen molar-refractivity contribution in [2.24, 2.45) is 5.73 Å². The molecule has 2 heterocycles. The SMILES string of the molecule is Cc1cc2ccn(CCN)c2c(=O)[nH]1. The number of fused-ring (bicyclic) bond motifs is 1. The number of pyridine rings is 1. The normalized spacial score (nSPS) is 11.0. The van der Waals surface area contributed by atoms with Gasteiger partial charge in [0.2, 0.25) is 0 Å². The summed E-state index contributed by atoms with van der Waals surface area (Å²) in [4.78, 5) is 14.4. The Morgan fingerprint density at radius 2 is 2.36 bits per heavy atom. The quantitative estimate of drug-likeness (QED) is 0.730. The number of aromatic amines is 1. The van der Waals surface area contributed by atoms with E-state index in [2.05, 4.69) is 4.98 Å². The highest BCUT2D eigenvalue weighted by atomic mass is 16.1. The summed E-state index contributed by atoms with van der Waals surface area (Å²) >= 11 is 0. The lowest BCUT2D eigenvalue weighted by Gasteiger charge is -2.01. The maximum Gasteiger partial charge on any atom is 0.272 e. The van der Waals surface area contributed by atoms with Crippen LogP contribution < -0.4 is 11.3 Å². The second kappa shape index (κ2) is 3.31. The molecule has 0 aromatic carbocycles. The van der Waals surface area contributed by atoms with Gasteiger partial charge in [0.05, 0.1) is 0 Å². The lowest BCUT2D eigenvalue weighted by atomic mass is 10.3. The summed E-state index contributed by atoms with van der Waals surface area (Å²) in [6.07, 6.45) is 1.90. The van der Waals surface area contributed by atoms with Gasteiger partial charge in [-0.25, -0.2) is 0 Å². The van der Waals surface area contributed by atoms with Gasteiger partial charge in [-0.2, -0.15) is 0 Å². The fourth-order valence-corrected chi connectivity index (χ4v) is 1.70. The van der Waals surface area contributed by atoms with Crippen molar-refractivity contribution >= 4 is 10.9 Å². The summed E-state index contributed by atoms with van der Waals surface area (Å²) in [6.45, 7) is 3.09. The monoisotopic (exact) mass is 191 g/mol. The minimum absolute atomic E-state index is 0.0431. The fourth-order valence-electron chi connectivity index (χ4n) is 1.70. The molecule has 0 aliphatic rings. The average Bonchev–Trinajstić information content (AvgIpc) is 2.49. The van der Waals surface area contributed by atoms with Gasteiger partial charge < -0.3 is 15.3 Å². The van der Waals surface area contributed by atoms with E-state index in [1.54, 1.807) is 0 Å². The van der Waals surface area contributed by atoms with Crippen LogP contribution in [0.25, 0.3) is 10.9 Å². The van der Waals surface area contributed by atoms with Gasteiger partial charge in [0, 0.05) is 30.4 Å². The molecule has 0 radical (unpaired) electrons. The van der Waals surface area contributed by atoms with Crippen molar-refractivity contribution in [3.63, 3.8) is 0 Å². The van der Waals surface area contributed by atoms with Gasteiger partial charge in [0.25, 0.3) is 5.56 Å². The fraction of sp³-hybridized carbons (Fsp3) is 0.300. The van der Waals surface area contributed by atoms with Crippen LogP contribution in [0, 0.1) is 6.92 Å². The Kier molecular flexibility index (Phi) is 2.13. The molecule has 0 amide bonds. The number of nitrogens with two attached hydrogens (primary N) is 1. The Labute approximate surface area is 81.3 Å². The number of nitrogens with zero attached hydrogens (tertiary/aromatic N) is 1. The van der Waals surface area contributed by atoms with Gasteiger partial charge in [-0.3, -0.25) is 4.79 Å². The zero-order valence-electron chi connectivity index (χ0n) is 8.08. The first-order valence-electron chi connectivity index (χ1n) is 4.61. The van der Waals surface area contributed by atoms with Gasteiger partial charge in [-0.1, -0.05) is 0 Å². The molecule has 0 unspecified atom stereocenters. The molecule has 4 nitrogen and oxygen atoms in total. The third-order valence-corrected chi connectivity index (χ3v) is 2.26. The van der Waals surface area contributed by atoms with Crippen LogP contribution in [-0.4, -0.2) is 16.1 Å². The number of H-pyrrole nitrogens is 1. The van der Waals surface area contributed by atoms with E-state index in [-0.39, 0.29) is 5.56 Å². The highest BCUT2D eigenvalue weighted by Gasteiger charge is 2.04. The van der Waals surface area contributed by atoms with E-state index in [0.29, 0.717) is 18.6 Å². The third-order valence-electron chi connectivity index (χ3n) is 2.26. The molecular formula is C10H13N3O. The van der Waals surface area contributed by atoms with Crippen LogP contribution in [-0.2, 0) is 6.54 Å². The molecule has 74 valence electrons. The molecule has 2 aromatic heterocycles. The molecule has 0 spiro atoms. The highest BCUT2D eigenvalue weighted by Crippen LogP contribution is 2.11. The van der Waals surface area contributed by atoms with Crippen molar-refractivity contribution in [1.29, 1.82) is 0 Å². The molecule has 0 aliphatic heterocycles. The minimum Gasteiger partial charge on any atom is -0.342 e. The topological polar surface area (TPSA) is 63.8 Å². The summed E-state index contributed by atoms with van der Waals surface area (Å²) in [5.41, 5.74) is 7.01. The van der Waals surface area contributed by atoms with E-state index < -0.39 is 0 Å². The molecule has 2 rings (SSSR count). The summed E-state index contributed by atoms with van der Waals surface area (Å²) in [5, 5.41) is 0.972. The van der Waals surface area contributed by atoms with E-state index >= 15 is 0 Å². The van der Waals surface area contributed by atoms with Crippen LogP contribution >= 0.6 is 0 Å². The largest absolute Gasteiger partial charge is 0.342 e. The smallest absolute Gasteiger partial charge is 0.272 e. The standard InChI is InChI=1S/C10H13N3O/c1-7-6-8-2-4-13(5-3-11)9(8)10(14)12-7/h2,4,6H,3,5,11H2,1H3,(H,12,14). The molecule has 14 heavy (non-hydrogen) atoms. The molecule has 0 fully saturated rings. The van der Waals surface area contributed by atoms with Crippen LogP contribution in [0.3, 0.4) is 0 Å². The van der Waals surface area contributed by atoms with Crippen molar-refractivity contribution in [2.45, 2.75) is 13.5 Å². The molecule has 2 aromatic rings. The van der Waals surface area contributed by atoms with Crippen LogP contribution in [0.15, 0.2) is 23.1 Å². The Bertz CT molecular complexity index is 510. The first-order chi connectivity index (χ1) is 6.72. The number of aromatic nitrogens is 2. The molecular weight excluding hydrogens is 178 g/mol. The lowest BCUT2D eigenvalue weighted by Crippen LogP contribution is -2.15. The van der Waals surface area contributed by atoms with Crippen LogP contribution in [0.2, 0.25) is 0 Å². The van der Waals surface area contributed by atoms with Gasteiger partial charge in [0.1, 0.15) is 5.52 Å². The van der Waals surface area contributed by atoms with Gasteiger partial charge in [-0.05, 0) is 19.1 Å². The lowest BCUT2D eigenvalue weighted by molar-refractivity contribution is 0.732. The van der Waals surface area contributed by atoms with E-state index in [1.165, 1.54) is 0 Å². The highest BCUT2D eigenvalue weighted by molar-refractivity contribution is 5.79. The predicted molar refractivity (Wildman–Crippen MR) is 56.4 cm³/mol. The number of aryl methyl sites for hydroxylation is 1. The van der Waals surface area contributed by atoms with E-state index in [9.17, 15) is 4.79 Å². The van der Waals surface area contributed by atoms with Crippen molar-refractivity contribution in [3.8, 4) is 0 Å². The molecule has 0 bridgehead atoms. The van der Waals surface area contributed by atoms with E-state index in [4.69, 9.17) is 5.73 Å². The maximum atomic E-state index is 11.6. The zero-order chi connectivity index (χ0) is 10.1. The summed E-state index contributed by atoms with van der Waals surface area (Å²) in [6, 6.07) is 3.90. The molecule has 0 aliphatic carbocycles. The molecule has 0 atom stereocenters. The van der Waals surface area contributed by atoms with Crippen molar-refractivity contribution in [2.75, 3.05) is 6.54 Å². The Morgan fingerprint density at radius 1 is 1.57 bits per heavy atom. The van der Waals surface area contributed by atoms with Crippen molar-refractivity contribution in [3.05, 3.63) is 34.4 Å². The summed E-state index contributed by atoms with van der Waals surface area (Å²) in [5.74, 6) is 0. The number of rotatable bonds is 2. The Balaban J connectivity index is 2.73. The predicted octanol–water partition coefficient (Wildman–Crippen LogP) is 0.597. The van der Waals surface area contributed by atoms with Gasteiger partial charge >= 0.3 is 0 Å². The van der Waals surface area contributed by atoms with E-state index in [1.807, 2.05) is 29.8 Å². The minimum atomic E-state index is -0.0431. The molecule has 4 heteroatoms. The second-order valence-electron chi connectivity index (χ2n) is 3.38. The van der Waals surface area contributed by atoms with Crippen molar-refractivity contribution < 1.29 is 0 Å². The maximum absolute atomic E-state index is 11.6. The number of hydrogen-bond donors (Lipinski definition) is 2. The Morgan fingerprint density at radius 3 is 3.07 bits per heavy atom. The van der Waals surface area contributed by atoms with Crippen molar-refractivity contribution in [1.82, 2.24) is 9.55 Å². The van der Waals surface area contributed by atoms with Crippen LogP contribution in [0.5, 0.6) is 0 Å². The summed E-state index contributed by atoms with van der Waals surface area (Å²) < 4.78 is 1.88. The Hall–Kier alpha value is -1.55.